The van der Waals surface area contributed by atoms with Crippen molar-refractivity contribution in [3.05, 3.63) is 34.7 Å². The van der Waals surface area contributed by atoms with Crippen molar-refractivity contribution < 1.29 is 4.74 Å². The summed E-state index contributed by atoms with van der Waals surface area (Å²) in [6.45, 7) is 5.26. The zero-order chi connectivity index (χ0) is 19.1. The number of hydrogen-bond acceptors (Lipinski definition) is 3. The third-order valence-electron chi connectivity index (χ3n) is 5.34. The molecular weight excluding hydrogens is 533 g/mol. The average molecular weight is 564 g/mol. The fraction of sp³-hybridized carbons (Fsp3) is 0.600. The van der Waals surface area contributed by atoms with Crippen LogP contribution in [0.2, 0.25) is 0 Å². The summed E-state index contributed by atoms with van der Waals surface area (Å²) in [5.41, 5.74) is 2.23. The number of aliphatic imine (C=N–C) groups is 1. The van der Waals surface area contributed by atoms with Crippen LogP contribution >= 0.6 is 39.9 Å². The lowest BCUT2D eigenvalue weighted by Crippen LogP contribution is -2.43. The lowest BCUT2D eigenvalue weighted by molar-refractivity contribution is 0.138. The molecule has 2 aromatic heterocycles. The molecule has 156 valence electrons. The van der Waals surface area contributed by atoms with Gasteiger partial charge in [0, 0.05) is 43.7 Å². The maximum atomic E-state index is 5.34. The summed E-state index contributed by atoms with van der Waals surface area (Å²) < 4.78 is 8.40. The van der Waals surface area contributed by atoms with Gasteiger partial charge in [-0.3, -0.25) is 0 Å². The van der Waals surface area contributed by atoms with Crippen molar-refractivity contribution in [2.75, 3.05) is 26.8 Å². The number of aromatic nitrogens is 2. The summed E-state index contributed by atoms with van der Waals surface area (Å²) in [6.07, 6.45) is 10.3. The second-order valence-electron chi connectivity index (χ2n) is 7.34. The highest BCUT2D eigenvalue weighted by molar-refractivity contribution is 14.0. The fourth-order valence-electron chi connectivity index (χ4n) is 3.83. The number of hydrogen-bond donors (Lipinski definition) is 2. The number of imidazole rings is 1. The SMILES string of the molecule is CCNC(=NCc1cn2cc(Br)ccc2n1)NCC1(CCOC)CCCC1.I. The number of guanidine groups is 1. The highest BCUT2D eigenvalue weighted by atomic mass is 127. The first-order chi connectivity index (χ1) is 13.1. The average Bonchev–Trinajstić information content (AvgIpc) is 3.29. The van der Waals surface area contributed by atoms with Crippen molar-refractivity contribution >= 4 is 51.5 Å². The Morgan fingerprint density at radius 3 is 2.79 bits per heavy atom. The third-order valence-corrected chi connectivity index (χ3v) is 5.81. The first-order valence-corrected chi connectivity index (χ1v) is 10.6. The van der Waals surface area contributed by atoms with Crippen LogP contribution in [-0.2, 0) is 11.3 Å². The van der Waals surface area contributed by atoms with Crippen LogP contribution in [0.3, 0.4) is 0 Å². The van der Waals surface area contributed by atoms with Gasteiger partial charge in [0.1, 0.15) is 5.65 Å². The van der Waals surface area contributed by atoms with Gasteiger partial charge in [0.05, 0.1) is 12.2 Å². The maximum Gasteiger partial charge on any atom is 0.191 e. The topological polar surface area (TPSA) is 63.0 Å². The van der Waals surface area contributed by atoms with Crippen LogP contribution in [0.1, 0.15) is 44.7 Å². The van der Waals surface area contributed by atoms with Crippen LogP contribution in [0.4, 0.5) is 0 Å². The number of methoxy groups -OCH3 is 1. The number of ether oxygens (including phenoxy) is 1. The molecule has 1 aliphatic rings. The maximum absolute atomic E-state index is 5.34. The van der Waals surface area contributed by atoms with E-state index in [1.807, 2.05) is 28.9 Å². The van der Waals surface area contributed by atoms with E-state index in [1.54, 1.807) is 7.11 Å². The van der Waals surface area contributed by atoms with E-state index in [9.17, 15) is 0 Å². The molecule has 0 spiro atoms. The van der Waals surface area contributed by atoms with Crippen LogP contribution in [-0.4, -0.2) is 42.2 Å². The zero-order valence-electron chi connectivity index (χ0n) is 16.7. The number of pyridine rings is 1. The molecule has 2 aromatic rings. The van der Waals surface area contributed by atoms with Crippen molar-refractivity contribution in [1.82, 2.24) is 20.0 Å². The minimum Gasteiger partial charge on any atom is -0.385 e. The Labute approximate surface area is 193 Å². The molecule has 0 amide bonds. The van der Waals surface area contributed by atoms with E-state index in [1.165, 1.54) is 25.7 Å². The van der Waals surface area contributed by atoms with Crippen LogP contribution in [0.15, 0.2) is 34.0 Å². The summed E-state index contributed by atoms with van der Waals surface area (Å²) in [6, 6.07) is 4.00. The molecule has 0 bridgehead atoms. The van der Waals surface area contributed by atoms with Crippen molar-refractivity contribution in [2.45, 2.75) is 45.6 Å². The minimum atomic E-state index is 0. The van der Waals surface area contributed by atoms with Crippen molar-refractivity contribution in [1.29, 1.82) is 0 Å². The molecule has 2 heterocycles. The van der Waals surface area contributed by atoms with Gasteiger partial charge in [0.2, 0.25) is 0 Å². The lowest BCUT2D eigenvalue weighted by atomic mass is 9.83. The second kappa shape index (κ2) is 11.3. The van der Waals surface area contributed by atoms with Gasteiger partial charge in [-0.25, -0.2) is 9.98 Å². The predicted octanol–water partition coefficient (Wildman–Crippen LogP) is 4.37. The second-order valence-corrected chi connectivity index (χ2v) is 8.26. The highest BCUT2D eigenvalue weighted by Crippen LogP contribution is 2.40. The van der Waals surface area contributed by atoms with Gasteiger partial charge < -0.3 is 19.8 Å². The molecular formula is C20H31BrIN5O. The standard InChI is InChI=1S/C20H30BrN5O.HI/c1-3-22-19(24-15-20(10-11-27-2)8-4-5-9-20)23-12-17-14-26-13-16(21)6-7-18(26)25-17;/h6-7,13-14H,3-5,8-12,15H2,1-2H3,(H2,22,23,24);1H. The Balaban J connectivity index is 0.00000280. The van der Waals surface area contributed by atoms with Crippen LogP contribution in [0.5, 0.6) is 0 Å². The first-order valence-electron chi connectivity index (χ1n) is 9.78. The fourth-order valence-corrected chi connectivity index (χ4v) is 4.18. The molecule has 0 saturated heterocycles. The Morgan fingerprint density at radius 2 is 2.07 bits per heavy atom. The summed E-state index contributed by atoms with van der Waals surface area (Å²) in [7, 11) is 1.79. The van der Waals surface area contributed by atoms with Crippen molar-refractivity contribution in [3.63, 3.8) is 0 Å². The van der Waals surface area contributed by atoms with Crippen molar-refractivity contribution in [3.8, 4) is 0 Å². The molecule has 0 aromatic carbocycles. The Morgan fingerprint density at radius 1 is 1.29 bits per heavy atom. The quantitative estimate of drug-likeness (QED) is 0.284. The zero-order valence-corrected chi connectivity index (χ0v) is 20.6. The Kier molecular flexibility index (Phi) is 9.49. The number of rotatable bonds is 8. The molecule has 0 atom stereocenters. The first kappa shape index (κ1) is 23.4. The molecule has 1 aliphatic carbocycles. The van der Waals surface area contributed by atoms with Crippen LogP contribution in [0, 0.1) is 5.41 Å². The number of fused-ring (bicyclic) bond motifs is 1. The number of nitrogens with one attached hydrogen (secondary N) is 2. The van der Waals surface area contributed by atoms with Gasteiger partial charge in [0.15, 0.2) is 5.96 Å². The highest BCUT2D eigenvalue weighted by Gasteiger charge is 2.33. The molecule has 1 fully saturated rings. The lowest BCUT2D eigenvalue weighted by Gasteiger charge is -2.29. The van der Waals surface area contributed by atoms with E-state index in [0.717, 1.165) is 47.9 Å². The largest absolute Gasteiger partial charge is 0.385 e. The smallest absolute Gasteiger partial charge is 0.191 e. The van der Waals surface area contributed by atoms with Gasteiger partial charge in [-0.1, -0.05) is 12.8 Å². The van der Waals surface area contributed by atoms with E-state index < -0.39 is 0 Å². The summed E-state index contributed by atoms with van der Waals surface area (Å²) in [5, 5.41) is 6.93. The number of halogens is 2. The van der Waals surface area contributed by atoms with E-state index in [2.05, 4.69) is 38.5 Å². The molecule has 3 rings (SSSR count). The molecule has 0 radical (unpaired) electrons. The minimum absolute atomic E-state index is 0. The van der Waals surface area contributed by atoms with Gasteiger partial charge in [-0.05, 0) is 59.7 Å². The summed E-state index contributed by atoms with van der Waals surface area (Å²) in [4.78, 5) is 9.39. The number of nitrogens with zero attached hydrogens (tertiary/aromatic N) is 3. The van der Waals surface area contributed by atoms with E-state index in [0.29, 0.717) is 12.0 Å². The van der Waals surface area contributed by atoms with Gasteiger partial charge in [-0.15, -0.1) is 24.0 Å². The van der Waals surface area contributed by atoms with E-state index >= 15 is 0 Å². The molecule has 0 aliphatic heterocycles. The molecule has 8 heteroatoms. The Bertz CT molecular complexity index is 773. The van der Waals surface area contributed by atoms with Crippen LogP contribution in [0.25, 0.3) is 5.65 Å². The van der Waals surface area contributed by atoms with Crippen LogP contribution < -0.4 is 10.6 Å². The molecule has 1 saturated carbocycles. The van der Waals surface area contributed by atoms with E-state index in [4.69, 9.17) is 9.73 Å². The Hall–Kier alpha value is -0.870. The third kappa shape index (κ3) is 6.32. The molecule has 0 unspecified atom stereocenters. The van der Waals surface area contributed by atoms with Gasteiger partial charge in [0.25, 0.3) is 0 Å². The summed E-state index contributed by atoms with van der Waals surface area (Å²) in [5.74, 6) is 0.861. The van der Waals surface area contributed by atoms with E-state index in [-0.39, 0.29) is 24.0 Å². The normalized spacial score (nSPS) is 16.2. The van der Waals surface area contributed by atoms with Crippen molar-refractivity contribution in [2.24, 2.45) is 10.4 Å². The molecule has 28 heavy (non-hydrogen) atoms. The monoisotopic (exact) mass is 563 g/mol. The molecule has 6 nitrogen and oxygen atoms in total. The molecule has 2 N–H and O–H groups in total. The predicted molar refractivity (Wildman–Crippen MR) is 129 cm³/mol. The van der Waals surface area contributed by atoms with Gasteiger partial charge in [-0.2, -0.15) is 0 Å². The van der Waals surface area contributed by atoms with Gasteiger partial charge >= 0.3 is 0 Å². The summed E-state index contributed by atoms with van der Waals surface area (Å²) >= 11 is 3.49.